The first-order valence-corrected chi connectivity index (χ1v) is 9.08. The Bertz CT molecular complexity index is 926. The summed E-state index contributed by atoms with van der Waals surface area (Å²) >= 11 is 0. The Morgan fingerprint density at radius 1 is 1.12 bits per heavy atom. The molecule has 0 amide bonds. The van der Waals surface area contributed by atoms with Gasteiger partial charge in [-0.2, -0.15) is 4.72 Å². The van der Waals surface area contributed by atoms with Crippen LogP contribution in [-0.2, 0) is 15.4 Å². The summed E-state index contributed by atoms with van der Waals surface area (Å²) in [5.41, 5.74) is 2.31. The highest BCUT2D eigenvalue weighted by atomic mass is 32.2. The topological polar surface area (TPSA) is 83.5 Å². The number of hydrogen-bond donors (Lipinski definition) is 2. The number of sulfonamides is 1. The standard InChI is InChI=1S/C18H19NO4S/c1-18(2,3)13-7-8-15-14(10-13)16(19-24(15,22)23)11-5-4-6-12(9-11)17(20)21/h4-10,16,19H,1-3H3,(H,20,21). The van der Waals surface area contributed by atoms with E-state index in [1.165, 1.54) is 12.1 Å². The first kappa shape index (κ1) is 16.7. The third kappa shape index (κ3) is 2.83. The van der Waals surface area contributed by atoms with E-state index in [0.717, 1.165) is 5.56 Å². The summed E-state index contributed by atoms with van der Waals surface area (Å²) in [6.07, 6.45) is 0. The van der Waals surface area contributed by atoms with Gasteiger partial charge in [0, 0.05) is 0 Å². The molecule has 1 aliphatic heterocycles. The third-order valence-corrected chi connectivity index (χ3v) is 5.71. The zero-order chi connectivity index (χ0) is 17.7. The number of fused-ring (bicyclic) bond motifs is 1. The normalized spacial score (nSPS) is 19.0. The number of carbonyl (C=O) groups is 1. The number of aromatic carboxylic acids is 1. The van der Waals surface area contributed by atoms with Crippen molar-refractivity contribution in [1.82, 2.24) is 4.72 Å². The predicted molar refractivity (Wildman–Crippen MR) is 90.7 cm³/mol. The van der Waals surface area contributed by atoms with Gasteiger partial charge in [-0.05, 0) is 40.3 Å². The largest absolute Gasteiger partial charge is 0.478 e. The van der Waals surface area contributed by atoms with Crippen molar-refractivity contribution in [3.05, 3.63) is 64.7 Å². The monoisotopic (exact) mass is 345 g/mol. The minimum atomic E-state index is -3.60. The summed E-state index contributed by atoms with van der Waals surface area (Å²) in [6.45, 7) is 6.18. The molecule has 0 saturated carbocycles. The molecule has 126 valence electrons. The molecule has 2 N–H and O–H groups in total. The zero-order valence-electron chi connectivity index (χ0n) is 13.7. The molecule has 1 atom stereocenters. The molecule has 0 aromatic heterocycles. The van der Waals surface area contributed by atoms with Crippen LogP contribution in [0.5, 0.6) is 0 Å². The lowest BCUT2D eigenvalue weighted by atomic mass is 9.85. The summed E-state index contributed by atoms with van der Waals surface area (Å²) in [6, 6.07) is 11.1. The van der Waals surface area contributed by atoms with E-state index in [0.29, 0.717) is 11.1 Å². The summed E-state index contributed by atoms with van der Waals surface area (Å²) < 4.78 is 27.4. The van der Waals surface area contributed by atoms with Crippen LogP contribution in [0.2, 0.25) is 0 Å². The van der Waals surface area contributed by atoms with Crippen molar-refractivity contribution >= 4 is 16.0 Å². The van der Waals surface area contributed by atoms with Crippen molar-refractivity contribution in [3.8, 4) is 0 Å². The highest BCUT2D eigenvalue weighted by Crippen LogP contribution is 2.38. The molecular weight excluding hydrogens is 326 g/mol. The van der Waals surface area contributed by atoms with Gasteiger partial charge < -0.3 is 5.11 Å². The third-order valence-electron chi connectivity index (χ3n) is 4.22. The Morgan fingerprint density at radius 3 is 2.46 bits per heavy atom. The van der Waals surface area contributed by atoms with Crippen LogP contribution in [-0.4, -0.2) is 19.5 Å². The Hall–Kier alpha value is -2.18. The van der Waals surface area contributed by atoms with Crippen LogP contribution in [0, 0.1) is 0 Å². The maximum Gasteiger partial charge on any atom is 0.335 e. The van der Waals surface area contributed by atoms with Gasteiger partial charge in [0.25, 0.3) is 0 Å². The summed E-state index contributed by atoms with van der Waals surface area (Å²) in [4.78, 5) is 11.4. The number of benzene rings is 2. The predicted octanol–water partition coefficient (Wildman–Crippen LogP) is 3.06. The Labute approximate surface area is 141 Å². The van der Waals surface area contributed by atoms with E-state index in [9.17, 15) is 13.2 Å². The van der Waals surface area contributed by atoms with Crippen molar-refractivity contribution in [1.29, 1.82) is 0 Å². The Balaban J connectivity index is 2.17. The molecule has 0 radical (unpaired) electrons. The van der Waals surface area contributed by atoms with E-state index in [1.54, 1.807) is 18.2 Å². The van der Waals surface area contributed by atoms with Crippen molar-refractivity contribution < 1.29 is 18.3 Å². The number of carboxylic acid groups (broad SMARTS) is 1. The number of nitrogens with one attached hydrogen (secondary N) is 1. The smallest absolute Gasteiger partial charge is 0.335 e. The average molecular weight is 345 g/mol. The number of rotatable bonds is 2. The molecule has 0 saturated heterocycles. The second-order valence-corrected chi connectivity index (χ2v) is 8.67. The van der Waals surface area contributed by atoms with Crippen LogP contribution in [0.15, 0.2) is 47.4 Å². The van der Waals surface area contributed by atoms with E-state index in [1.807, 2.05) is 12.1 Å². The van der Waals surface area contributed by atoms with E-state index >= 15 is 0 Å². The van der Waals surface area contributed by atoms with Crippen LogP contribution >= 0.6 is 0 Å². The Kier molecular flexibility index (Phi) is 3.77. The molecule has 1 heterocycles. The van der Waals surface area contributed by atoms with Gasteiger partial charge in [-0.25, -0.2) is 13.2 Å². The maximum atomic E-state index is 12.4. The van der Waals surface area contributed by atoms with Gasteiger partial charge in [-0.3, -0.25) is 0 Å². The Morgan fingerprint density at radius 2 is 1.83 bits per heavy atom. The molecular formula is C18H19NO4S. The van der Waals surface area contributed by atoms with E-state index in [-0.39, 0.29) is 15.9 Å². The SMILES string of the molecule is CC(C)(C)c1ccc2c(c1)C(c1cccc(C(=O)O)c1)NS2(=O)=O. The lowest BCUT2D eigenvalue weighted by molar-refractivity contribution is 0.0696. The fourth-order valence-corrected chi connectivity index (χ4v) is 4.30. The average Bonchev–Trinajstić information content (AvgIpc) is 2.78. The van der Waals surface area contributed by atoms with Crippen molar-refractivity contribution in [2.24, 2.45) is 0 Å². The minimum absolute atomic E-state index is 0.116. The summed E-state index contributed by atoms with van der Waals surface area (Å²) in [7, 11) is -3.60. The fourth-order valence-electron chi connectivity index (χ4n) is 2.87. The van der Waals surface area contributed by atoms with Crippen molar-refractivity contribution in [3.63, 3.8) is 0 Å². The van der Waals surface area contributed by atoms with Gasteiger partial charge in [0.05, 0.1) is 16.5 Å². The first-order chi connectivity index (χ1) is 11.1. The number of hydrogen-bond acceptors (Lipinski definition) is 3. The maximum absolute atomic E-state index is 12.4. The highest BCUT2D eigenvalue weighted by Gasteiger charge is 2.36. The molecule has 6 heteroatoms. The van der Waals surface area contributed by atoms with Gasteiger partial charge in [-0.15, -0.1) is 0 Å². The first-order valence-electron chi connectivity index (χ1n) is 7.59. The zero-order valence-corrected chi connectivity index (χ0v) is 14.5. The molecule has 24 heavy (non-hydrogen) atoms. The van der Waals surface area contributed by atoms with Crippen LogP contribution in [0.25, 0.3) is 0 Å². The number of carboxylic acids is 1. The van der Waals surface area contributed by atoms with Gasteiger partial charge >= 0.3 is 5.97 Å². The molecule has 1 aliphatic rings. The van der Waals surface area contributed by atoms with Crippen LogP contribution in [0.3, 0.4) is 0 Å². The van der Waals surface area contributed by atoms with Crippen LogP contribution in [0.4, 0.5) is 0 Å². The lowest BCUT2D eigenvalue weighted by Gasteiger charge is -2.20. The molecule has 1 unspecified atom stereocenters. The fraction of sp³-hybridized carbons (Fsp3) is 0.278. The van der Waals surface area contributed by atoms with Crippen molar-refractivity contribution in [2.45, 2.75) is 37.1 Å². The van der Waals surface area contributed by atoms with Crippen molar-refractivity contribution in [2.75, 3.05) is 0 Å². The second kappa shape index (κ2) is 5.43. The molecule has 0 bridgehead atoms. The van der Waals surface area contributed by atoms with Gasteiger partial charge in [-0.1, -0.05) is 45.0 Å². The highest BCUT2D eigenvalue weighted by molar-refractivity contribution is 7.89. The molecule has 2 aromatic carbocycles. The molecule has 5 nitrogen and oxygen atoms in total. The summed E-state index contributed by atoms with van der Waals surface area (Å²) in [5.74, 6) is -1.04. The minimum Gasteiger partial charge on any atom is -0.478 e. The molecule has 3 rings (SSSR count). The molecule has 2 aromatic rings. The quantitative estimate of drug-likeness (QED) is 0.876. The van der Waals surface area contributed by atoms with Gasteiger partial charge in [0.15, 0.2) is 0 Å². The van der Waals surface area contributed by atoms with E-state index in [4.69, 9.17) is 5.11 Å². The van der Waals surface area contributed by atoms with Gasteiger partial charge in [0.1, 0.15) is 0 Å². The second-order valence-electron chi connectivity index (χ2n) is 6.99. The molecule has 0 aliphatic carbocycles. The molecule has 0 fully saturated rings. The lowest BCUT2D eigenvalue weighted by Crippen LogP contribution is -2.20. The van der Waals surface area contributed by atoms with Crippen LogP contribution in [0.1, 0.15) is 53.9 Å². The summed E-state index contributed by atoms with van der Waals surface area (Å²) in [5, 5.41) is 9.16. The van der Waals surface area contributed by atoms with E-state index < -0.39 is 22.0 Å². The van der Waals surface area contributed by atoms with Crippen LogP contribution < -0.4 is 4.72 Å². The van der Waals surface area contributed by atoms with Gasteiger partial charge in [0.2, 0.25) is 10.0 Å². The molecule has 0 spiro atoms. The van der Waals surface area contributed by atoms with E-state index in [2.05, 4.69) is 25.5 Å².